The Morgan fingerprint density at radius 2 is 1.88 bits per heavy atom. The maximum absolute atomic E-state index is 12.8. The Morgan fingerprint density at radius 3 is 2.69 bits per heavy atom. The second kappa shape index (κ2) is 8.01. The third kappa shape index (κ3) is 3.81. The van der Waals surface area contributed by atoms with Crippen LogP contribution in [-0.4, -0.2) is 27.0 Å². The SMILES string of the molecule is O=C(Nc1cccc(C2SCCCS2)c1)c1cncn1-c1ccccc1. The highest BCUT2D eigenvalue weighted by Crippen LogP contribution is 2.44. The van der Waals surface area contributed by atoms with Crippen molar-refractivity contribution < 1.29 is 4.79 Å². The summed E-state index contributed by atoms with van der Waals surface area (Å²) in [6.45, 7) is 0. The molecule has 1 aliphatic rings. The van der Waals surface area contributed by atoms with Gasteiger partial charge >= 0.3 is 0 Å². The molecule has 2 heterocycles. The van der Waals surface area contributed by atoms with E-state index in [0.717, 1.165) is 11.4 Å². The fraction of sp³-hybridized carbons (Fsp3) is 0.200. The smallest absolute Gasteiger partial charge is 0.274 e. The molecule has 0 saturated carbocycles. The zero-order valence-corrected chi connectivity index (χ0v) is 15.8. The van der Waals surface area contributed by atoms with Crippen LogP contribution in [0.5, 0.6) is 0 Å². The van der Waals surface area contributed by atoms with Crippen molar-refractivity contribution >= 4 is 35.1 Å². The molecule has 0 bridgehead atoms. The minimum Gasteiger partial charge on any atom is -0.321 e. The Kier molecular flexibility index (Phi) is 5.32. The summed E-state index contributed by atoms with van der Waals surface area (Å²) in [7, 11) is 0. The highest BCUT2D eigenvalue weighted by atomic mass is 32.2. The van der Waals surface area contributed by atoms with Crippen LogP contribution in [0.2, 0.25) is 0 Å². The quantitative estimate of drug-likeness (QED) is 0.691. The van der Waals surface area contributed by atoms with Crippen molar-refractivity contribution in [3.05, 3.63) is 78.4 Å². The first-order valence-corrected chi connectivity index (χ1v) is 10.6. The van der Waals surface area contributed by atoms with Crippen molar-refractivity contribution in [2.24, 2.45) is 0 Å². The van der Waals surface area contributed by atoms with Crippen LogP contribution in [0.1, 0.15) is 27.1 Å². The van der Waals surface area contributed by atoms with E-state index in [1.165, 1.54) is 23.5 Å². The number of nitrogens with zero attached hydrogens (tertiary/aromatic N) is 2. The van der Waals surface area contributed by atoms with E-state index in [4.69, 9.17) is 0 Å². The van der Waals surface area contributed by atoms with Crippen molar-refractivity contribution in [2.45, 2.75) is 11.0 Å². The molecule has 4 nitrogen and oxygen atoms in total. The van der Waals surface area contributed by atoms with Crippen molar-refractivity contribution in [3.8, 4) is 5.69 Å². The number of thioether (sulfide) groups is 2. The largest absolute Gasteiger partial charge is 0.321 e. The normalized spacial score (nSPS) is 14.9. The molecule has 0 spiro atoms. The van der Waals surface area contributed by atoms with Crippen LogP contribution < -0.4 is 5.32 Å². The molecule has 132 valence electrons. The number of imidazole rings is 1. The van der Waals surface area contributed by atoms with Crippen LogP contribution in [-0.2, 0) is 0 Å². The van der Waals surface area contributed by atoms with Gasteiger partial charge in [0.15, 0.2) is 0 Å². The predicted octanol–water partition coefficient (Wildman–Crippen LogP) is 4.99. The molecule has 6 heteroatoms. The van der Waals surface area contributed by atoms with E-state index in [2.05, 4.69) is 22.4 Å². The molecule has 1 amide bonds. The first-order chi connectivity index (χ1) is 12.8. The lowest BCUT2D eigenvalue weighted by Gasteiger charge is -2.21. The molecule has 3 aromatic rings. The monoisotopic (exact) mass is 381 g/mol. The van der Waals surface area contributed by atoms with Crippen molar-refractivity contribution in [1.82, 2.24) is 9.55 Å². The van der Waals surface area contributed by atoms with E-state index >= 15 is 0 Å². The predicted molar refractivity (Wildman–Crippen MR) is 110 cm³/mol. The molecule has 0 atom stereocenters. The zero-order valence-electron chi connectivity index (χ0n) is 14.2. The maximum atomic E-state index is 12.8. The summed E-state index contributed by atoms with van der Waals surface area (Å²) in [5, 5.41) is 3.02. The van der Waals surface area contributed by atoms with E-state index in [-0.39, 0.29) is 5.91 Å². The molecule has 1 N–H and O–H groups in total. The Bertz CT molecular complexity index is 889. The lowest BCUT2D eigenvalue weighted by molar-refractivity contribution is 0.102. The highest BCUT2D eigenvalue weighted by molar-refractivity contribution is 8.16. The molecule has 2 aromatic carbocycles. The number of para-hydroxylation sites is 1. The standard InChI is InChI=1S/C20H19N3OS2/c24-19(18-13-21-14-23(18)17-8-2-1-3-9-17)22-16-7-4-6-15(12-16)20-25-10-5-11-26-20/h1-4,6-9,12-14,20H,5,10-11H2,(H,22,24). The molecule has 1 saturated heterocycles. The van der Waals surface area contributed by atoms with Crippen LogP contribution in [0.3, 0.4) is 0 Å². The van der Waals surface area contributed by atoms with E-state index in [1.807, 2.05) is 66.0 Å². The van der Waals surface area contributed by atoms with Gasteiger partial charge in [-0.15, -0.1) is 23.5 Å². The minimum absolute atomic E-state index is 0.160. The number of rotatable bonds is 4. The molecule has 0 radical (unpaired) electrons. The summed E-state index contributed by atoms with van der Waals surface area (Å²) in [6.07, 6.45) is 4.53. The lowest BCUT2D eigenvalue weighted by atomic mass is 10.2. The fourth-order valence-corrected chi connectivity index (χ4v) is 5.77. The van der Waals surface area contributed by atoms with Gasteiger partial charge in [0, 0.05) is 11.4 Å². The number of carbonyl (C=O) groups is 1. The van der Waals surface area contributed by atoms with Gasteiger partial charge in [-0.3, -0.25) is 9.36 Å². The van der Waals surface area contributed by atoms with Gasteiger partial charge in [-0.1, -0.05) is 30.3 Å². The van der Waals surface area contributed by atoms with Gasteiger partial charge in [0.25, 0.3) is 5.91 Å². The van der Waals surface area contributed by atoms with Crippen molar-refractivity contribution in [1.29, 1.82) is 0 Å². The third-order valence-electron chi connectivity index (χ3n) is 4.15. The van der Waals surface area contributed by atoms with Gasteiger partial charge in [-0.2, -0.15) is 0 Å². The van der Waals surface area contributed by atoms with Crippen LogP contribution in [0.15, 0.2) is 67.1 Å². The first-order valence-electron chi connectivity index (χ1n) is 8.53. The number of nitrogens with one attached hydrogen (secondary N) is 1. The van der Waals surface area contributed by atoms with Gasteiger partial charge in [0.2, 0.25) is 0 Å². The van der Waals surface area contributed by atoms with Crippen molar-refractivity contribution in [2.75, 3.05) is 16.8 Å². The number of hydrogen-bond acceptors (Lipinski definition) is 4. The number of aromatic nitrogens is 2. The first kappa shape index (κ1) is 17.2. The average molecular weight is 382 g/mol. The number of benzene rings is 2. The molecule has 1 aliphatic heterocycles. The number of anilines is 1. The Labute approximate surface area is 161 Å². The number of amides is 1. The summed E-state index contributed by atoms with van der Waals surface area (Å²) < 4.78 is 2.25. The second-order valence-electron chi connectivity index (χ2n) is 5.99. The molecule has 1 aromatic heterocycles. The van der Waals surface area contributed by atoms with Gasteiger partial charge in [-0.25, -0.2) is 4.98 Å². The number of carbonyl (C=O) groups excluding carboxylic acids is 1. The molecule has 1 fully saturated rings. The van der Waals surface area contributed by atoms with Crippen LogP contribution in [0.4, 0.5) is 5.69 Å². The fourth-order valence-electron chi connectivity index (χ4n) is 2.90. The Balaban J connectivity index is 1.53. The zero-order chi connectivity index (χ0) is 17.8. The molecule has 26 heavy (non-hydrogen) atoms. The van der Waals surface area contributed by atoms with E-state index < -0.39 is 0 Å². The Hall–Kier alpha value is -2.18. The van der Waals surface area contributed by atoms with Crippen LogP contribution in [0, 0.1) is 0 Å². The van der Waals surface area contributed by atoms with E-state index in [0.29, 0.717) is 10.3 Å². The second-order valence-corrected chi connectivity index (χ2v) is 8.72. The van der Waals surface area contributed by atoms with Gasteiger partial charge in [-0.05, 0) is 47.8 Å². The molecular formula is C20H19N3OS2. The Morgan fingerprint density at radius 1 is 1.08 bits per heavy atom. The molecule has 0 unspecified atom stereocenters. The summed E-state index contributed by atoms with van der Waals surface area (Å²) in [5.74, 6) is 2.24. The topological polar surface area (TPSA) is 46.9 Å². The van der Waals surface area contributed by atoms with E-state index in [1.54, 1.807) is 17.1 Å². The molecule has 0 aliphatic carbocycles. The van der Waals surface area contributed by atoms with Gasteiger partial charge in [0.1, 0.15) is 5.69 Å². The van der Waals surface area contributed by atoms with E-state index in [9.17, 15) is 4.79 Å². The van der Waals surface area contributed by atoms with Gasteiger partial charge < -0.3 is 5.32 Å². The number of hydrogen-bond donors (Lipinski definition) is 1. The molecule has 4 rings (SSSR count). The maximum Gasteiger partial charge on any atom is 0.274 e. The summed E-state index contributed by atoms with van der Waals surface area (Å²) >= 11 is 3.96. The summed E-state index contributed by atoms with van der Waals surface area (Å²) in [6, 6.07) is 17.9. The van der Waals surface area contributed by atoms with Crippen molar-refractivity contribution in [3.63, 3.8) is 0 Å². The molecular weight excluding hydrogens is 362 g/mol. The van der Waals surface area contributed by atoms with Crippen LogP contribution in [0.25, 0.3) is 5.69 Å². The lowest BCUT2D eigenvalue weighted by Crippen LogP contribution is -2.16. The summed E-state index contributed by atoms with van der Waals surface area (Å²) in [5.41, 5.74) is 3.51. The highest BCUT2D eigenvalue weighted by Gasteiger charge is 2.18. The average Bonchev–Trinajstić information content (AvgIpc) is 3.20. The summed E-state index contributed by atoms with van der Waals surface area (Å²) in [4.78, 5) is 16.9. The third-order valence-corrected chi connectivity index (χ3v) is 7.16. The van der Waals surface area contributed by atoms with Gasteiger partial charge in [0.05, 0.1) is 17.1 Å². The minimum atomic E-state index is -0.160. The van der Waals surface area contributed by atoms with Crippen LogP contribution >= 0.6 is 23.5 Å².